The van der Waals surface area contributed by atoms with E-state index in [2.05, 4.69) is 27.7 Å². The zero-order valence-corrected chi connectivity index (χ0v) is 17.6. The highest BCUT2D eigenvalue weighted by molar-refractivity contribution is 5.97. The Hall–Kier alpha value is -3.35. The van der Waals surface area contributed by atoms with Crippen molar-refractivity contribution in [2.24, 2.45) is 4.99 Å². The first-order valence-electron chi connectivity index (χ1n) is 10.2. The van der Waals surface area contributed by atoms with Crippen LogP contribution in [0.3, 0.4) is 0 Å². The number of nitrogens with zero attached hydrogens (tertiary/aromatic N) is 3. The van der Waals surface area contributed by atoms with Gasteiger partial charge in [0, 0.05) is 38.8 Å². The van der Waals surface area contributed by atoms with Crippen molar-refractivity contribution in [2.75, 3.05) is 33.2 Å². The van der Waals surface area contributed by atoms with Gasteiger partial charge in [0.2, 0.25) is 5.91 Å². The highest BCUT2D eigenvalue weighted by atomic mass is 16.2. The zero-order valence-electron chi connectivity index (χ0n) is 17.6. The number of aliphatic imine (C=N–C) groups is 1. The predicted octanol–water partition coefficient (Wildman–Crippen LogP) is 1.86. The highest BCUT2D eigenvalue weighted by Crippen LogP contribution is 2.10. The minimum absolute atomic E-state index is 0.115. The van der Waals surface area contributed by atoms with Gasteiger partial charge in [-0.2, -0.15) is 0 Å². The molecule has 1 saturated heterocycles. The molecule has 7 heteroatoms. The van der Waals surface area contributed by atoms with Crippen LogP contribution in [0.2, 0.25) is 0 Å². The Morgan fingerprint density at radius 1 is 1.13 bits per heavy atom. The van der Waals surface area contributed by atoms with Crippen molar-refractivity contribution in [3.8, 4) is 0 Å². The number of hydrogen-bond donors (Lipinski definition) is 2. The topological polar surface area (TPSA) is 77.0 Å². The Morgan fingerprint density at radius 3 is 2.53 bits per heavy atom. The Bertz CT molecular complexity index is 880. The summed E-state index contributed by atoms with van der Waals surface area (Å²) in [5.41, 5.74) is 2.83. The number of amides is 2. The summed E-state index contributed by atoms with van der Waals surface area (Å²) >= 11 is 0. The predicted molar refractivity (Wildman–Crippen MR) is 118 cm³/mol. The van der Waals surface area contributed by atoms with Crippen LogP contribution in [0.1, 0.15) is 28.4 Å². The summed E-state index contributed by atoms with van der Waals surface area (Å²) < 4.78 is 0. The summed E-state index contributed by atoms with van der Waals surface area (Å²) in [6.07, 6.45) is 0. The number of guanidine groups is 1. The van der Waals surface area contributed by atoms with E-state index in [1.165, 1.54) is 5.56 Å². The van der Waals surface area contributed by atoms with Gasteiger partial charge in [0.05, 0.1) is 13.1 Å². The summed E-state index contributed by atoms with van der Waals surface area (Å²) in [4.78, 5) is 32.5. The first kappa shape index (κ1) is 21.4. The normalized spacial score (nSPS) is 14.3. The zero-order chi connectivity index (χ0) is 21.3. The van der Waals surface area contributed by atoms with Crippen molar-refractivity contribution >= 4 is 17.8 Å². The van der Waals surface area contributed by atoms with Crippen LogP contribution in [0.25, 0.3) is 0 Å². The molecular formula is C23H29N5O2. The molecular weight excluding hydrogens is 378 g/mol. The van der Waals surface area contributed by atoms with Crippen molar-refractivity contribution in [1.82, 2.24) is 20.4 Å². The molecule has 2 aromatic rings. The van der Waals surface area contributed by atoms with Gasteiger partial charge in [-0.15, -0.1) is 0 Å². The fourth-order valence-corrected chi connectivity index (χ4v) is 3.32. The van der Waals surface area contributed by atoms with E-state index in [1.807, 2.05) is 44.3 Å². The van der Waals surface area contributed by atoms with Crippen LogP contribution >= 0.6 is 0 Å². The van der Waals surface area contributed by atoms with E-state index in [0.29, 0.717) is 25.2 Å². The molecule has 3 rings (SSSR count). The van der Waals surface area contributed by atoms with Crippen molar-refractivity contribution in [3.05, 3.63) is 71.3 Å². The molecule has 0 bridgehead atoms. The molecule has 0 atom stereocenters. The number of carbonyl (C=O) groups excluding carboxylic acids is 2. The summed E-state index contributed by atoms with van der Waals surface area (Å²) in [7, 11) is 2.02. The minimum atomic E-state index is -0.115. The molecule has 0 radical (unpaired) electrons. The average molecular weight is 408 g/mol. The second-order valence-electron chi connectivity index (χ2n) is 7.29. The molecule has 158 valence electrons. The molecule has 0 unspecified atom stereocenters. The fraction of sp³-hybridized carbons (Fsp3) is 0.348. The van der Waals surface area contributed by atoms with Crippen LogP contribution in [0, 0.1) is 0 Å². The third-order valence-electron chi connectivity index (χ3n) is 4.90. The molecule has 2 N–H and O–H groups in total. The van der Waals surface area contributed by atoms with Crippen LogP contribution in [0.15, 0.2) is 59.6 Å². The van der Waals surface area contributed by atoms with Crippen LogP contribution < -0.4 is 10.6 Å². The smallest absolute Gasteiger partial charge is 0.254 e. The number of nitrogens with one attached hydrogen (secondary N) is 2. The lowest BCUT2D eigenvalue weighted by atomic mass is 10.1. The number of piperazine rings is 1. The Labute approximate surface area is 177 Å². The molecule has 1 aliphatic heterocycles. The quantitative estimate of drug-likeness (QED) is 0.566. The number of carbonyl (C=O) groups is 2. The lowest BCUT2D eigenvalue weighted by Crippen LogP contribution is -2.49. The van der Waals surface area contributed by atoms with E-state index in [1.54, 1.807) is 17.0 Å². The maximum atomic E-state index is 12.6. The molecule has 0 aliphatic carbocycles. The maximum absolute atomic E-state index is 12.6. The summed E-state index contributed by atoms with van der Waals surface area (Å²) in [6, 6.07) is 17.7. The van der Waals surface area contributed by atoms with E-state index in [-0.39, 0.29) is 18.4 Å². The summed E-state index contributed by atoms with van der Waals surface area (Å²) in [5, 5.41) is 6.06. The van der Waals surface area contributed by atoms with Gasteiger partial charge >= 0.3 is 0 Å². The van der Waals surface area contributed by atoms with Crippen molar-refractivity contribution < 1.29 is 9.59 Å². The van der Waals surface area contributed by atoms with E-state index in [0.717, 1.165) is 24.6 Å². The molecule has 0 aromatic heterocycles. The Morgan fingerprint density at radius 2 is 1.87 bits per heavy atom. The minimum Gasteiger partial charge on any atom is -0.357 e. The van der Waals surface area contributed by atoms with E-state index in [4.69, 9.17) is 4.99 Å². The fourth-order valence-electron chi connectivity index (χ4n) is 3.32. The number of hydrogen-bond acceptors (Lipinski definition) is 3. The van der Waals surface area contributed by atoms with Gasteiger partial charge in [-0.25, -0.2) is 4.99 Å². The van der Waals surface area contributed by atoms with Crippen LogP contribution in [0.4, 0.5) is 0 Å². The van der Waals surface area contributed by atoms with E-state index in [9.17, 15) is 9.59 Å². The van der Waals surface area contributed by atoms with Crippen molar-refractivity contribution in [3.63, 3.8) is 0 Å². The van der Waals surface area contributed by atoms with Gasteiger partial charge in [-0.05, 0) is 30.2 Å². The third-order valence-corrected chi connectivity index (χ3v) is 4.90. The molecule has 2 amide bonds. The van der Waals surface area contributed by atoms with Gasteiger partial charge in [0.15, 0.2) is 5.96 Å². The molecule has 30 heavy (non-hydrogen) atoms. The highest BCUT2D eigenvalue weighted by Gasteiger charge is 2.22. The molecule has 0 saturated carbocycles. The van der Waals surface area contributed by atoms with E-state index < -0.39 is 0 Å². The first-order chi connectivity index (χ1) is 14.6. The van der Waals surface area contributed by atoms with Crippen LogP contribution in [-0.2, 0) is 17.9 Å². The lowest BCUT2D eigenvalue weighted by molar-refractivity contribution is -0.123. The average Bonchev–Trinajstić information content (AvgIpc) is 2.77. The SMILES string of the molecule is CCNC(=NCc1ccc(C(=O)N2CCNC(=O)C2)cc1)N(C)Cc1ccccc1. The molecule has 0 spiro atoms. The molecule has 1 heterocycles. The second kappa shape index (κ2) is 10.4. The number of rotatable bonds is 6. The van der Waals surface area contributed by atoms with Gasteiger partial charge in [-0.1, -0.05) is 42.5 Å². The van der Waals surface area contributed by atoms with Gasteiger partial charge in [-0.3, -0.25) is 9.59 Å². The largest absolute Gasteiger partial charge is 0.357 e. The Kier molecular flexibility index (Phi) is 7.43. The maximum Gasteiger partial charge on any atom is 0.254 e. The van der Waals surface area contributed by atoms with Crippen molar-refractivity contribution in [1.29, 1.82) is 0 Å². The van der Waals surface area contributed by atoms with Gasteiger partial charge in [0.25, 0.3) is 5.91 Å². The third kappa shape index (κ3) is 5.83. The van der Waals surface area contributed by atoms with Gasteiger partial charge < -0.3 is 20.4 Å². The second-order valence-corrected chi connectivity index (χ2v) is 7.29. The number of benzene rings is 2. The molecule has 1 aliphatic rings. The first-order valence-corrected chi connectivity index (χ1v) is 10.2. The van der Waals surface area contributed by atoms with Crippen LogP contribution in [-0.4, -0.2) is 60.8 Å². The molecule has 7 nitrogen and oxygen atoms in total. The van der Waals surface area contributed by atoms with Gasteiger partial charge in [0.1, 0.15) is 0 Å². The molecule has 2 aromatic carbocycles. The summed E-state index contributed by atoms with van der Waals surface area (Å²) in [5.74, 6) is 0.604. The van der Waals surface area contributed by atoms with Crippen molar-refractivity contribution in [2.45, 2.75) is 20.0 Å². The standard InChI is InChI=1S/C23H29N5O2/c1-3-24-23(27(2)16-19-7-5-4-6-8-19)26-15-18-9-11-20(12-10-18)22(30)28-14-13-25-21(29)17-28/h4-12H,3,13-17H2,1-2H3,(H,24,26)(H,25,29). The molecule has 1 fully saturated rings. The Balaban J connectivity index is 1.62. The van der Waals surface area contributed by atoms with Crippen LogP contribution in [0.5, 0.6) is 0 Å². The summed E-state index contributed by atoms with van der Waals surface area (Å²) in [6.45, 7) is 5.27. The monoisotopic (exact) mass is 407 g/mol. The van der Waals surface area contributed by atoms with E-state index >= 15 is 0 Å². The lowest BCUT2D eigenvalue weighted by Gasteiger charge is -2.26.